The molecule has 0 saturated heterocycles. The number of anilines is 2. The van der Waals surface area contributed by atoms with Gasteiger partial charge in [0.05, 0.1) is 29.3 Å². The molecule has 0 bridgehead atoms. The molecule has 0 aromatic heterocycles. The van der Waals surface area contributed by atoms with Crippen molar-refractivity contribution < 1.29 is 22.7 Å². The Balaban J connectivity index is 1.89. The third-order valence-electron chi connectivity index (χ3n) is 5.95. The van der Waals surface area contributed by atoms with Crippen molar-refractivity contribution >= 4 is 33.2 Å². The van der Waals surface area contributed by atoms with E-state index >= 15 is 0 Å². The lowest BCUT2D eigenvalue weighted by Crippen LogP contribution is -2.52. The fraction of sp³-hybridized carbons (Fsp3) is 0.652. The number of nitrogens with two attached hydrogens (primary N) is 1. The van der Waals surface area contributed by atoms with Gasteiger partial charge in [0.25, 0.3) is 0 Å². The Bertz CT molecular complexity index is 977. The molecular weight excluding hydrogens is 444 g/mol. The van der Waals surface area contributed by atoms with Crippen LogP contribution in [0.1, 0.15) is 45.1 Å². The van der Waals surface area contributed by atoms with E-state index in [1.807, 2.05) is 30.0 Å². The second-order valence-corrected chi connectivity index (χ2v) is 11.6. The maximum atomic E-state index is 13.0. The van der Waals surface area contributed by atoms with E-state index in [2.05, 4.69) is 5.32 Å². The summed E-state index contributed by atoms with van der Waals surface area (Å²) in [6, 6.07) is 5.56. The van der Waals surface area contributed by atoms with Crippen LogP contribution in [0, 0.1) is 5.92 Å². The summed E-state index contributed by atoms with van der Waals surface area (Å²) in [5.74, 6) is 0.139. The van der Waals surface area contributed by atoms with E-state index in [1.54, 1.807) is 18.7 Å². The minimum absolute atomic E-state index is 0.0550. The van der Waals surface area contributed by atoms with Crippen LogP contribution in [-0.4, -0.2) is 70.8 Å². The molecule has 1 saturated carbocycles. The molecule has 1 fully saturated rings. The molecule has 1 aliphatic carbocycles. The Kier molecular flexibility index (Phi) is 8.02. The molecule has 1 unspecified atom stereocenters. The van der Waals surface area contributed by atoms with E-state index in [4.69, 9.17) is 10.5 Å². The third-order valence-corrected chi connectivity index (χ3v) is 6.90. The molecule has 3 N–H and O–H groups in total. The van der Waals surface area contributed by atoms with E-state index in [0.717, 1.165) is 18.4 Å². The summed E-state index contributed by atoms with van der Waals surface area (Å²) in [6.07, 6.45) is 2.32. The quantitative estimate of drug-likeness (QED) is 0.517. The number of benzene rings is 1. The largest absolute Gasteiger partial charge is 0.446 e. The van der Waals surface area contributed by atoms with Gasteiger partial charge in [-0.1, -0.05) is 6.07 Å². The summed E-state index contributed by atoms with van der Waals surface area (Å²) >= 11 is 0. The summed E-state index contributed by atoms with van der Waals surface area (Å²) in [6.45, 7) is 7.09. The van der Waals surface area contributed by atoms with Crippen LogP contribution in [0.4, 0.5) is 16.2 Å². The maximum absolute atomic E-state index is 13.0. The highest BCUT2D eigenvalue weighted by Gasteiger charge is 2.41. The highest BCUT2D eigenvalue weighted by atomic mass is 32.2. The molecule has 2 aliphatic rings. The predicted molar refractivity (Wildman–Crippen MR) is 129 cm³/mol. The van der Waals surface area contributed by atoms with Gasteiger partial charge < -0.3 is 20.7 Å². The zero-order valence-corrected chi connectivity index (χ0v) is 20.7. The molecule has 0 radical (unpaired) electrons. The Morgan fingerprint density at radius 2 is 1.94 bits per heavy atom. The number of nitrogens with zero attached hydrogens (tertiary/aromatic N) is 2. The highest BCUT2D eigenvalue weighted by molar-refractivity contribution is 7.90. The number of amides is 2. The van der Waals surface area contributed by atoms with Gasteiger partial charge in [-0.25, -0.2) is 13.2 Å². The fourth-order valence-corrected chi connectivity index (χ4v) is 4.58. The van der Waals surface area contributed by atoms with Gasteiger partial charge in [0.2, 0.25) is 5.91 Å². The fourth-order valence-electron chi connectivity index (χ4n) is 4.07. The lowest BCUT2D eigenvalue weighted by Gasteiger charge is -2.41. The normalized spacial score (nSPS) is 19.4. The molecule has 0 spiro atoms. The lowest BCUT2D eigenvalue weighted by molar-refractivity contribution is -0.120. The number of sulfone groups is 1. The molecule has 1 aromatic carbocycles. The summed E-state index contributed by atoms with van der Waals surface area (Å²) in [7, 11) is -3.04. The van der Waals surface area contributed by atoms with Crippen molar-refractivity contribution in [2.75, 3.05) is 48.0 Å². The van der Waals surface area contributed by atoms with Crippen molar-refractivity contribution in [2.24, 2.45) is 11.7 Å². The number of fused-ring (bicyclic) bond motifs is 1. The van der Waals surface area contributed by atoms with Gasteiger partial charge in [0.1, 0.15) is 9.84 Å². The SMILES string of the molecule is CC(C)OC(=O)N1C[C@H](C)N(C(=O)C2CC2)c2ccc(C(CN)CNCCS(C)(=O)=O)cc21. The molecule has 2 amide bonds. The molecular formula is C23H36N4O5S. The minimum Gasteiger partial charge on any atom is -0.446 e. The zero-order chi connectivity index (χ0) is 24.3. The summed E-state index contributed by atoms with van der Waals surface area (Å²) < 4.78 is 28.2. The van der Waals surface area contributed by atoms with Gasteiger partial charge in [0.15, 0.2) is 0 Å². The minimum atomic E-state index is -3.04. The van der Waals surface area contributed by atoms with Crippen molar-refractivity contribution in [3.8, 4) is 0 Å². The number of ether oxygens (including phenoxy) is 1. The Labute approximate surface area is 196 Å². The van der Waals surface area contributed by atoms with E-state index in [-0.39, 0.29) is 35.6 Å². The van der Waals surface area contributed by atoms with Crippen LogP contribution in [0.5, 0.6) is 0 Å². The van der Waals surface area contributed by atoms with E-state index in [0.29, 0.717) is 37.6 Å². The van der Waals surface area contributed by atoms with Crippen LogP contribution in [0.3, 0.4) is 0 Å². The first-order valence-corrected chi connectivity index (χ1v) is 13.6. The lowest BCUT2D eigenvalue weighted by atomic mass is 9.96. The molecule has 33 heavy (non-hydrogen) atoms. The second kappa shape index (κ2) is 10.4. The standard InChI is InChI=1S/C23H36N4O5S/c1-15(2)32-23(29)26-14-16(3)27(22(28)17-5-6-17)20-8-7-18(11-21(20)26)19(12-24)13-25-9-10-33(4,30)31/h7-8,11,15-17,19,25H,5-6,9-10,12-14,24H2,1-4H3/t16-,19?/m0/s1. The van der Waals surface area contributed by atoms with Gasteiger partial charge in [-0.15, -0.1) is 0 Å². The third kappa shape index (κ3) is 6.45. The average molecular weight is 481 g/mol. The summed E-state index contributed by atoms with van der Waals surface area (Å²) in [4.78, 5) is 29.4. The number of carbonyl (C=O) groups is 2. The number of nitrogens with one attached hydrogen (secondary N) is 1. The van der Waals surface area contributed by atoms with Crippen molar-refractivity contribution in [1.82, 2.24) is 5.32 Å². The Morgan fingerprint density at radius 3 is 2.52 bits per heavy atom. The molecule has 2 atom stereocenters. The van der Waals surface area contributed by atoms with Crippen molar-refractivity contribution in [1.29, 1.82) is 0 Å². The van der Waals surface area contributed by atoms with Gasteiger partial charge in [-0.05, 0) is 51.3 Å². The summed E-state index contributed by atoms with van der Waals surface area (Å²) in [5.41, 5.74) is 8.29. The topological polar surface area (TPSA) is 122 Å². The highest BCUT2D eigenvalue weighted by Crippen LogP contribution is 2.41. The van der Waals surface area contributed by atoms with Crippen LogP contribution >= 0.6 is 0 Å². The smallest absolute Gasteiger partial charge is 0.414 e. The van der Waals surface area contributed by atoms with E-state index in [1.165, 1.54) is 6.26 Å². The van der Waals surface area contributed by atoms with E-state index < -0.39 is 15.9 Å². The number of hydrogen-bond donors (Lipinski definition) is 2. The Morgan fingerprint density at radius 1 is 1.24 bits per heavy atom. The molecule has 10 heteroatoms. The first-order valence-electron chi connectivity index (χ1n) is 11.6. The van der Waals surface area contributed by atoms with Crippen LogP contribution in [0.2, 0.25) is 0 Å². The molecule has 1 heterocycles. The predicted octanol–water partition coefficient (Wildman–Crippen LogP) is 1.86. The molecule has 9 nitrogen and oxygen atoms in total. The number of hydrogen-bond acceptors (Lipinski definition) is 7. The zero-order valence-electron chi connectivity index (χ0n) is 19.9. The van der Waals surface area contributed by atoms with Crippen molar-refractivity contribution in [3.63, 3.8) is 0 Å². The maximum Gasteiger partial charge on any atom is 0.414 e. The van der Waals surface area contributed by atoms with Crippen molar-refractivity contribution in [2.45, 2.75) is 51.7 Å². The number of carbonyl (C=O) groups excluding carboxylic acids is 2. The van der Waals surface area contributed by atoms with Gasteiger partial charge >= 0.3 is 6.09 Å². The molecule has 184 valence electrons. The summed E-state index contributed by atoms with van der Waals surface area (Å²) in [5, 5.41) is 3.16. The monoisotopic (exact) mass is 480 g/mol. The van der Waals surface area contributed by atoms with E-state index in [9.17, 15) is 18.0 Å². The average Bonchev–Trinajstić information content (AvgIpc) is 3.57. The second-order valence-electron chi connectivity index (χ2n) is 9.39. The van der Waals surface area contributed by atoms with Crippen molar-refractivity contribution in [3.05, 3.63) is 23.8 Å². The first kappa shape index (κ1) is 25.5. The van der Waals surface area contributed by atoms with Gasteiger partial charge in [0, 0.05) is 44.3 Å². The molecule has 3 rings (SSSR count). The van der Waals surface area contributed by atoms with Crippen LogP contribution in [0.15, 0.2) is 18.2 Å². The van der Waals surface area contributed by atoms with Crippen LogP contribution in [-0.2, 0) is 19.4 Å². The number of rotatable bonds is 9. The molecule has 1 aromatic rings. The van der Waals surface area contributed by atoms with Crippen LogP contribution in [0.25, 0.3) is 0 Å². The van der Waals surface area contributed by atoms with Gasteiger partial charge in [-0.2, -0.15) is 0 Å². The molecule has 1 aliphatic heterocycles. The first-order chi connectivity index (χ1) is 15.5. The Hall–Kier alpha value is -2.17. The van der Waals surface area contributed by atoms with Crippen LogP contribution < -0.4 is 20.9 Å². The van der Waals surface area contributed by atoms with Gasteiger partial charge in [-0.3, -0.25) is 9.69 Å².